The monoisotopic (exact) mass is 2030 g/mol. The predicted molar refractivity (Wildman–Crippen MR) is 529 cm³/mol. The molecule has 0 spiro atoms. The highest BCUT2D eigenvalue weighted by Crippen LogP contribution is 2.45. The Labute approximate surface area is 917 Å². The Bertz CT molecular complexity index is 9480. The van der Waals surface area contributed by atoms with Crippen molar-refractivity contribution in [1.82, 2.24) is 31.9 Å². The van der Waals surface area contributed by atoms with Gasteiger partial charge in [0.2, 0.25) is 40.5 Å². The molecule has 756 valence electrons. The molecule has 12 aromatic rings. The van der Waals surface area contributed by atoms with Gasteiger partial charge in [-0.3, -0.25) is 0 Å². The summed E-state index contributed by atoms with van der Waals surface area (Å²) in [6.07, 6.45) is -10.9. The van der Waals surface area contributed by atoms with Crippen molar-refractivity contribution in [2.45, 2.75) is 73.7 Å². The van der Waals surface area contributed by atoms with Gasteiger partial charge < -0.3 is 117 Å². The average Bonchev–Trinajstić information content (AvgIpc) is 0.848. The minimum atomic E-state index is -3.24. The summed E-state index contributed by atoms with van der Waals surface area (Å²) in [6, 6.07) is 2.44. The summed E-state index contributed by atoms with van der Waals surface area (Å²) in [7, 11) is 0. The molecule has 12 aliphatic heterocycles. The zero-order valence-corrected chi connectivity index (χ0v) is 74.7. The number of hydrogen-bond acceptors (Lipinski definition) is 24. The van der Waals surface area contributed by atoms with Gasteiger partial charge in [0.15, 0.2) is 69.0 Å². The number of halogens is 6. The highest BCUT2D eigenvalue weighted by atomic mass is 19.1. The van der Waals surface area contributed by atoms with Gasteiger partial charge in [-0.2, -0.15) is 0 Å². The van der Waals surface area contributed by atoms with Gasteiger partial charge in [-0.25, -0.2) is 26.3 Å². The largest absolute Gasteiger partial charge is 0.493 e. The zero-order valence-electron chi connectivity index (χ0n) is 134. The van der Waals surface area contributed by atoms with Crippen molar-refractivity contribution in [3.8, 4) is 103 Å². The molecule has 24 nitrogen and oxygen atoms in total. The summed E-state index contributed by atoms with van der Waals surface area (Å²) in [6.45, 7) is -28.5. The van der Waals surface area contributed by atoms with Gasteiger partial charge in [0.1, 0.15) is 85.8 Å². The summed E-state index contributed by atoms with van der Waals surface area (Å²) in [5.41, 5.74) is -3.30. The van der Waals surface area contributed by atoms with E-state index in [1.54, 1.807) is 6.07 Å². The molecular weight excluding hydrogens is 1860 g/mol. The van der Waals surface area contributed by atoms with Gasteiger partial charge in [0, 0.05) is 137 Å². The Morgan fingerprint density at radius 1 is 0.257 bits per heavy atom. The summed E-state index contributed by atoms with van der Waals surface area (Å²) >= 11 is 0. The molecule has 30 heteroatoms. The smallest absolute Gasteiger partial charge is 0.231 e. The molecule has 0 saturated carbocycles. The van der Waals surface area contributed by atoms with Gasteiger partial charge in [0.05, 0.1) is 77.9 Å². The first-order valence-corrected chi connectivity index (χ1v) is 43.8. The topological polar surface area (TPSA) is 238 Å². The van der Waals surface area contributed by atoms with Gasteiger partial charge in [-0.05, 0) is 292 Å². The van der Waals surface area contributed by atoms with Crippen molar-refractivity contribution in [1.29, 1.82) is 0 Å². The van der Waals surface area contributed by atoms with E-state index in [-0.39, 0.29) is 181 Å². The molecule has 6 fully saturated rings. The zero-order chi connectivity index (χ0) is 151. The van der Waals surface area contributed by atoms with Crippen LogP contribution < -0.4 is 117 Å². The van der Waals surface area contributed by atoms with Gasteiger partial charge >= 0.3 is 0 Å². The highest BCUT2D eigenvalue weighted by molar-refractivity contribution is 5.52. The van der Waals surface area contributed by atoms with Crippen LogP contribution in [0.1, 0.15) is 188 Å². The molecule has 6 saturated heterocycles. The average molecular weight is 2040 g/mol. The normalized spacial score (nSPS) is 36.3. The molecule has 0 radical (unpaired) electrons. The second-order valence-electron chi connectivity index (χ2n) is 31.4. The van der Waals surface area contributed by atoms with Crippen LogP contribution in [-0.4, -0.2) is 158 Å². The Morgan fingerprint density at radius 2 is 0.514 bits per heavy atom. The maximum atomic E-state index is 14.2. The van der Waals surface area contributed by atoms with Crippen molar-refractivity contribution in [2.24, 2.45) is 35.4 Å². The first kappa shape index (κ1) is 50.7. The number of fused-ring (bicyclic) bond motifs is 6. The van der Waals surface area contributed by atoms with Gasteiger partial charge in [-0.15, -0.1) is 0 Å². The van der Waals surface area contributed by atoms with E-state index < -0.39 is 398 Å². The third-order valence-electron chi connectivity index (χ3n) is 22.0. The summed E-state index contributed by atoms with van der Waals surface area (Å²) < 4.78 is 658. The molecular formula is C114H120F6N6O18. The number of hydrogen-bond donors (Lipinski definition) is 6. The lowest BCUT2D eigenvalue weighted by Gasteiger charge is -2.32. The highest BCUT2D eigenvalue weighted by Gasteiger charge is 2.35. The molecule has 12 heterocycles. The summed E-state index contributed by atoms with van der Waals surface area (Å²) in [5, 5.41) is 16.1. The van der Waals surface area contributed by atoms with E-state index in [0.717, 1.165) is 12.1 Å². The molecule has 0 aliphatic carbocycles. The minimum Gasteiger partial charge on any atom is -0.493 e. The van der Waals surface area contributed by atoms with Gasteiger partial charge in [-0.1, -0.05) is 72.5 Å². The van der Waals surface area contributed by atoms with Crippen molar-refractivity contribution in [2.75, 3.05) is 158 Å². The lowest BCUT2D eigenvalue weighted by atomic mass is 9.81. The van der Waals surface area contributed by atoms with Crippen LogP contribution in [0.15, 0.2) is 254 Å². The first-order chi connectivity index (χ1) is 93.4. The van der Waals surface area contributed by atoms with Crippen LogP contribution in [0.2, 0.25) is 0 Å². The fourth-order valence-corrected chi connectivity index (χ4v) is 14.9. The number of nitrogens with one attached hydrogen (secondary N) is 6. The van der Waals surface area contributed by atoms with E-state index in [1.165, 1.54) is 91.0 Å². The fraction of sp³-hybridized carbons (Fsp3) is 0.368. The fourth-order valence-electron chi connectivity index (χ4n) is 14.9. The van der Waals surface area contributed by atoms with Crippen LogP contribution >= 0.6 is 0 Å². The lowest BCUT2D eigenvalue weighted by Crippen LogP contribution is -2.38. The summed E-state index contributed by atoms with van der Waals surface area (Å²) in [4.78, 5) is 0. The van der Waals surface area contributed by atoms with Crippen LogP contribution in [0.4, 0.5) is 26.3 Å². The maximum Gasteiger partial charge on any atom is 0.231 e. The molecule has 6 unspecified atom stereocenters. The Hall–Kier alpha value is -13.6. The molecule has 24 rings (SSSR count). The van der Waals surface area contributed by atoms with E-state index >= 15 is 0 Å². The second kappa shape index (κ2) is 49.1. The number of benzene rings is 12. The third-order valence-corrected chi connectivity index (χ3v) is 22.0. The molecule has 144 heavy (non-hydrogen) atoms. The Balaban J connectivity index is 0.000000144. The standard InChI is InChI=1S/6C19H20FNO3/c6*20-15-3-1-13(2-4-15)17-7-8-21-10-14(17)11-22-16-5-6-18-19(9-16)24-12-23-18/h6*1-6,9,14,17,21H,7-8,10-12H2/t6*14?,17-/m000000/s1/i1D,2D,3D,4D,7D2,11D2,12D2,14D,17D;1D,2D,3D,4D,7D2,12D2,14D,17D;1D,2D,3D,4D,7D2,11D2,12D2,17D;1D,2D,3D,4D,8D2,12D2,14D;1D,2D,3D,4D,7D2,12D2,17D;1D,2D,3D,4D,8D2,12D2. The van der Waals surface area contributed by atoms with E-state index in [2.05, 4.69) is 31.9 Å². The summed E-state index contributed by atoms with van der Waals surface area (Å²) in [5.74, 6) is -29.7. The molecule has 12 aliphatic rings. The lowest BCUT2D eigenvalue weighted by molar-refractivity contribution is 0.173. The minimum absolute atomic E-state index is 0.00559. The number of ether oxygens (including phenoxy) is 18. The quantitative estimate of drug-likeness (QED) is 0.0308. The van der Waals surface area contributed by atoms with E-state index in [1.807, 2.05) is 0 Å². The Morgan fingerprint density at radius 3 is 0.903 bits per heavy atom. The second-order valence-corrected chi connectivity index (χ2v) is 31.4. The molecule has 12 atom stereocenters. The molecule has 0 bridgehead atoms. The van der Waals surface area contributed by atoms with Crippen molar-refractivity contribution >= 4 is 0 Å². The van der Waals surface area contributed by atoms with Gasteiger partial charge in [0.25, 0.3) is 0 Å². The molecule has 0 aromatic heterocycles. The number of piperidine rings is 6. The van der Waals surface area contributed by atoms with Crippen molar-refractivity contribution in [3.63, 3.8) is 0 Å². The van der Waals surface area contributed by atoms with Crippen LogP contribution in [0.5, 0.6) is 103 Å². The van der Waals surface area contributed by atoms with Crippen LogP contribution in [0.3, 0.4) is 0 Å². The molecule has 0 amide bonds. The van der Waals surface area contributed by atoms with Crippen LogP contribution in [-0.2, 0) is 0 Å². The predicted octanol–water partition coefficient (Wildman–Crippen LogP) is 20.0. The molecule has 12 aromatic carbocycles. The van der Waals surface area contributed by atoms with Crippen molar-refractivity contribution in [3.05, 3.63) is 322 Å². The van der Waals surface area contributed by atoms with Crippen molar-refractivity contribution < 1.29 is 192 Å². The SMILES string of the molecule is [2H]c1c([2H])c([C@@H]2CC([2H])([2H])NCC2([2H])COc2ccc3c(c2)OC([2H])([2H])O3)c([2H])c([2H])c1F.[2H]c1c([2H])c([C@@H]2CC([2H])([2H])NCC2COc2ccc3c(c2)OC([2H])([2H])O3)c([2H])c([2H])c1F.[2H]c1c([2H])c([C@@]2([2H])C(C([2H])([2H])Oc3ccc4c(c3)OC([2H])([2H])O4)CNCC2([2H])[2H])c([2H])c([2H])c1F.[2H]c1c([2H])c([C@@]2([2H])C(COc3ccc4c(c3)OC([2H])([2H])O4)CNCC2([2H])[2H])c([2H])c([2H])c1F.[2H]c1c([2H])c([C@]2([2H])C([2H])([2H])CNCC2([2H])C([2H])([2H])Oc2ccc3c(c2)OC([2H])([2H])O3)c([2H])c([2H])c1F.[2H]c1c([2H])c([C@]2([2H])C([2H])([2H])CNCC2([2H])COc2ccc3c(c2)OC([2H])([2H])O3)c([2H])c([2H])c1F. The maximum absolute atomic E-state index is 14.2. The van der Waals surface area contributed by atoms with E-state index in [0.29, 0.717) is 5.75 Å². The van der Waals surface area contributed by atoms with E-state index in [9.17, 15) is 26.3 Å². The number of rotatable bonds is 24. The van der Waals surface area contributed by atoms with Crippen LogP contribution in [0.25, 0.3) is 0 Å². The Kier molecular flexibility index (Phi) is 17.3. The van der Waals surface area contributed by atoms with E-state index in [4.69, 9.17) is 166 Å². The molecule has 6 N–H and O–H groups in total. The first-order valence-electron chi connectivity index (χ1n) is 73.3. The van der Waals surface area contributed by atoms with Crippen LogP contribution in [0, 0.1) is 70.3 Å². The third kappa shape index (κ3) is 26.5.